The lowest BCUT2D eigenvalue weighted by Gasteiger charge is -2.06. The number of hydrogen-bond donors (Lipinski definition) is 0. The van der Waals surface area contributed by atoms with Crippen LogP contribution >= 0.6 is 0 Å². The van der Waals surface area contributed by atoms with Crippen molar-refractivity contribution in [2.45, 2.75) is 53.2 Å². The Morgan fingerprint density at radius 2 is 0.695 bits per heavy atom. The predicted octanol–water partition coefficient (Wildman–Crippen LogP) is 15.1. The fourth-order valence-electron chi connectivity index (χ4n) is 9.48. The van der Waals surface area contributed by atoms with Crippen molar-refractivity contribution in [2.24, 2.45) is 0 Å². The molecule has 59 heavy (non-hydrogen) atoms. The molecule has 0 aliphatic carbocycles. The Hall–Kier alpha value is -6.84. The number of rotatable bonds is 11. The first kappa shape index (κ1) is 36.5. The standard InChI is InChI=1S/C56H49N3/c1-4-57-51-20-12-9-17-45(51)48-36-39(27-30-54(48)57)15-7-8-16-42-33-43(25-23-40-28-31-55-49(37-40)46-18-10-13-21-52(46)58(55)5-2)35-44(34-42)26-24-41-29-32-56-50(38-41)47-19-11-14-22-53(47)59(56)6-3/h7,9-15,17-38H,4-6,8,16H2,1-3H3/b15-7+,25-23+,26-24+. The van der Waals surface area contributed by atoms with Crippen LogP contribution in [0, 0.1) is 0 Å². The van der Waals surface area contributed by atoms with E-state index < -0.39 is 0 Å². The molecule has 0 saturated carbocycles. The van der Waals surface area contributed by atoms with Gasteiger partial charge in [0.05, 0.1) is 0 Å². The van der Waals surface area contributed by atoms with Crippen molar-refractivity contribution in [3.05, 3.63) is 185 Å². The van der Waals surface area contributed by atoms with Crippen LogP contribution in [0.1, 0.15) is 60.6 Å². The minimum atomic E-state index is 0.951. The molecule has 288 valence electrons. The van der Waals surface area contributed by atoms with Gasteiger partial charge < -0.3 is 13.7 Å². The Morgan fingerprint density at radius 1 is 0.339 bits per heavy atom. The van der Waals surface area contributed by atoms with E-state index >= 15 is 0 Å². The van der Waals surface area contributed by atoms with Gasteiger partial charge in [-0.3, -0.25) is 0 Å². The van der Waals surface area contributed by atoms with Gasteiger partial charge >= 0.3 is 0 Å². The summed E-state index contributed by atoms with van der Waals surface area (Å²) in [5, 5.41) is 7.89. The molecule has 3 heteroatoms. The third-order valence-corrected chi connectivity index (χ3v) is 12.2. The van der Waals surface area contributed by atoms with Crippen LogP contribution < -0.4 is 0 Å². The quantitative estimate of drug-likeness (QED) is 0.117. The molecule has 3 nitrogen and oxygen atoms in total. The van der Waals surface area contributed by atoms with Crippen LogP contribution in [-0.4, -0.2) is 13.7 Å². The van der Waals surface area contributed by atoms with Crippen molar-refractivity contribution in [1.29, 1.82) is 0 Å². The summed E-state index contributed by atoms with van der Waals surface area (Å²) < 4.78 is 7.24. The zero-order chi connectivity index (χ0) is 39.9. The highest BCUT2D eigenvalue weighted by Gasteiger charge is 2.12. The second kappa shape index (κ2) is 15.5. The first-order chi connectivity index (χ1) is 29.1. The van der Waals surface area contributed by atoms with Crippen molar-refractivity contribution >= 4 is 95.8 Å². The molecule has 3 heterocycles. The first-order valence-corrected chi connectivity index (χ1v) is 21.3. The lowest BCUT2D eigenvalue weighted by molar-refractivity contribution is 0.827. The van der Waals surface area contributed by atoms with E-state index in [1.807, 2.05) is 0 Å². The number of nitrogens with zero attached hydrogens (tertiary/aromatic N) is 3. The predicted molar refractivity (Wildman–Crippen MR) is 257 cm³/mol. The van der Waals surface area contributed by atoms with E-state index in [0.717, 1.165) is 32.5 Å². The van der Waals surface area contributed by atoms with E-state index in [9.17, 15) is 0 Å². The van der Waals surface area contributed by atoms with Gasteiger partial charge in [0.15, 0.2) is 0 Å². The van der Waals surface area contributed by atoms with Crippen LogP contribution in [-0.2, 0) is 26.1 Å². The van der Waals surface area contributed by atoms with Gasteiger partial charge in [-0.1, -0.05) is 121 Å². The van der Waals surface area contributed by atoms with E-state index in [1.54, 1.807) is 0 Å². The lowest BCUT2D eigenvalue weighted by Crippen LogP contribution is -1.92. The van der Waals surface area contributed by atoms with E-state index in [0.29, 0.717) is 0 Å². The molecule has 0 unspecified atom stereocenters. The molecular weight excluding hydrogens is 715 g/mol. The molecule has 0 saturated heterocycles. The van der Waals surface area contributed by atoms with Crippen molar-refractivity contribution in [1.82, 2.24) is 13.7 Å². The highest BCUT2D eigenvalue weighted by Crippen LogP contribution is 2.33. The molecule has 0 radical (unpaired) electrons. The van der Waals surface area contributed by atoms with Gasteiger partial charge in [0.1, 0.15) is 0 Å². The maximum absolute atomic E-state index is 2.41. The first-order valence-electron chi connectivity index (χ1n) is 21.3. The molecule has 0 aliphatic rings. The molecule has 0 aliphatic heterocycles. The van der Waals surface area contributed by atoms with Gasteiger partial charge in [0, 0.05) is 85.1 Å². The zero-order valence-electron chi connectivity index (χ0n) is 34.2. The normalized spacial score (nSPS) is 12.5. The molecule has 0 bridgehead atoms. The van der Waals surface area contributed by atoms with Gasteiger partial charge in [0.2, 0.25) is 0 Å². The minimum absolute atomic E-state index is 0.951. The van der Waals surface area contributed by atoms with Gasteiger partial charge in [-0.05, 0) is 128 Å². The molecule has 0 fully saturated rings. The molecule has 3 aromatic heterocycles. The van der Waals surface area contributed by atoms with Gasteiger partial charge in [0.25, 0.3) is 0 Å². The Bertz CT molecular complexity index is 3130. The summed E-state index contributed by atoms with van der Waals surface area (Å²) >= 11 is 0. The maximum atomic E-state index is 2.41. The van der Waals surface area contributed by atoms with Crippen LogP contribution in [0.2, 0.25) is 0 Å². The molecule has 0 atom stereocenters. The van der Waals surface area contributed by atoms with Crippen LogP contribution in [0.3, 0.4) is 0 Å². The number of fused-ring (bicyclic) bond motifs is 9. The molecule has 10 rings (SSSR count). The second-order valence-electron chi connectivity index (χ2n) is 15.7. The van der Waals surface area contributed by atoms with Gasteiger partial charge in [-0.15, -0.1) is 0 Å². The largest absolute Gasteiger partial charge is 0.341 e. The van der Waals surface area contributed by atoms with E-state index in [-0.39, 0.29) is 0 Å². The summed E-state index contributed by atoms with van der Waals surface area (Å²) in [7, 11) is 0. The Morgan fingerprint density at radius 3 is 1.10 bits per heavy atom. The average Bonchev–Trinajstić information content (AvgIpc) is 3.90. The molecule has 10 aromatic rings. The topological polar surface area (TPSA) is 14.8 Å². The summed E-state index contributed by atoms with van der Waals surface area (Å²) in [6.07, 6.45) is 15.7. The fourth-order valence-corrected chi connectivity index (χ4v) is 9.48. The highest BCUT2D eigenvalue weighted by atomic mass is 15.0. The Labute approximate surface area is 346 Å². The number of aromatic nitrogens is 3. The maximum Gasteiger partial charge on any atom is 0.0491 e. The highest BCUT2D eigenvalue weighted by molar-refractivity contribution is 6.10. The van der Waals surface area contributed by atoms with Crippen molar-refractivity contribution in [2.75, 3.05) is 0 Å². The van der Waals surface area contributed by atoms with E-state index in [4.69, 9.17) is 0 Å². The number of hydrogen-bond acceptors (Lipinski definition) is 0. The number of aryl methyl sites for hydroxylation is 4. The minimum Gasteiger partial charge on any atom is -0.341 e. The van der Waals surface area contributed by atoms with Gasteiger partial charge in [-0.2, -0.15) is 0 Å². The van der Waals surface area contributed by atoms with Crippen molar-refractivity contribution < 1.29 is 0 Å². The average molecular weight is 764 g/mol. The summed E-state index contributed by atoms with van der Waals surface area (Å²) in [6, 6.07) is 54.0. The van der Waals surface area contributed by atoms with Crippen molar-refractivity contribution in [3.63, 3.8) is 0 Å². The van der Waals surface area contributed by atoms with Crippen LogP contribution in [0.4, 0.5) is 0 Å². The lowest BCUT2D eigenvalue weighted by atomic mass is 9.99. The molecule has 7 aromatic carbocycles. The second-order valence-corrected chi connectivity index (χ2v) is 15.7. The monoisotopic (exact) mass is 763 g/mol. The van der Waals surface area contributed by atoms with Crippen LogP contribution in [0.5, 0.6) is 0 Å². The van der Waals surface area contributed by atoms with Crippen molar-refractivity contribution in [3.8, 4) is 0 Å². The smallest absolute Gasteiger partial charge is 0.0491 e. The zero-order valence-corrected chi connectivity index (χ0v) is 34.2. The van der Waals surface area contributed by atoms with E-state index in [1.165, 1.54) is 98.8 Å². The third kappa shape index (κ3) is 6.67. The van der Waals surface area contributed by atoms with Gasteiger partial charge in [-0.25, -0.2) is 0 Å². The number of allylic oxidation sites excluding steroid dienone is 1. The fraction of sp³-hybridized carbons (Fsp3) is 0.143. The summed E-state index contributed by atoms with van der Waals surface area (Å²) in [5.74, 6) is 0. The summed E-state index contributed by atoms with van der Waals surface area (Å²) in [4.78, 5) is 0. The summed E-state index contributed by atoms with van der Waals surface area (Å²) in [6.45, 7) is 9.54. The van der Waals surface area contributed by atoms with E-state index in [2.05, 4.69) is 217 Å². The Kier molecular flexibility index (Phi) is 9.58. The number of para-hydroxylation sites is 3. The van der Waals surface area contributed by atoms with Crippen LogP contribution in [0.15, 0.2) is 152 Å². The Balaban J connectivity index is 0.960. The summed E-state index contributed by atoms with van der Waals surface area (Å²) in [5.41, 5.74) is 15.2. The molecule has 0 N–H and O–H groups in total. The SMILES string of the molecule is CCn1c2ccccc2c2cc(/C=C/CCc3cc(/C=C/c4ccc5c(c4)c4ccccc4n5CC)cc(/C=C/c4ccc5c(c4)c4ccccc4n5CC)c3)ccc21. The number of benzene rings is 7. The molecular formula is C56H49N3. The molecule has 0 amide bonds. The van der Waals surface area contributed by atoms with Crippen LogP contribution in [0.25, 0.3) is 95.8 Å². The molecule has 0 spiro atoms. The third-order valence-electron chi connectivity index (χ3n) is 12.2.